The molecule has 0 spiro atoms. The lowest BCUT2D eigenvalue weighted by atomic mass is 10.0. The first kappa shape index (κ1) is 12.2. The number of nitrogens with two attached hydrogens (primary N) is 1. The lowest BCUT2D eigenvalue weighted by Gasteiger charge is -2.20. The minimum atomic E-state index is 0.657. The highest BCUT2D eigenvalue weighted by atomic mass is 15.1. The molecule has 1 aliphatic heterocycles. The largest absolute Gasteiger partial charge is 0.383 e. The van der Waals surface area contributed by atoms with Crippen LogP contribution in [0.25, 0.3) is 0 Å². The third-order valence-corrected chi connectivity index (χ3v) is 3.83. The molecule has 3 heteroatoms. The maximum Gasteiger partial charge on any atom is 0.127 e. The summed E-state index contributed by atoms with van der Waals surface area (Å²) in [6, 6.07) is 12.8. The van der Waals surface area contributed by atoms with Crippen LogP contribution < -0.4 is 5.73 Å². The van der Waals surface area contributed by atoms with Gasteiger partial charge in [-0.1, -0.05) is 30.3 Å². The number of pyridine rings is 1. The molecule has 0 aliphatic carbocycles. The lowest BCUT2D eigenvalue weighted by molar-refractivity contribution is 0.279. The van der Waals surface area contributed by atoms with Gasteiger partial charge in [0.2, 0.25) is 0 Å². The third-order valence-electron chi connectivity index (χ3n) is 3.83. The van der Waals surface area contributed by atoms with E-state index in [9.17, 15) is 0 Å². The van der Waals surface area contributed by atoms with E-state index in [0.29, 0.717) is 5.82 Å². The predicted octanol–water partition coefficient (Wildman–Crippen LogP) is 2.26. The topological polar surface area (TPSA) is 42.1 Å². The Morgan fingerprint density at radius 3 is 2.32 bits per heavy atom. The highest BCUT2D eigenvalue weighted by Crippen LogP contribution is 2.18. The molecule has 0 saturated heterocycles. The summed E-state index contributed by atoms with van der Waals surface area (Å²) in [6.45, 7) is 3.07. The number of nitrogen functional groups attached to an aromatic ring is 1. The second-order valence-electron chi connectivity index (χ2n) is 5.09. The van der Waals surface area contributed by atoms with Crippen LogP contribution in [0.3, 0.4) is 0 Å². The minimum absolute atomic E-state index is 0.657. The van der Waals surface area contributed by atoms with E-state index in [-0.39, 0.29) is 0 Å². The molecular weight excluding hydrogens is 234 g/mol. The molecule has 0 saturated carbocycles. The van der Waals surface area contributed by atoms with Gasteiger partial charge in [-0.05, 0) is 30.0 Å². The van der Waals surface area contributed by atoms with Gasteiger partial charge in [0.1, 0.15) is 5.82 Å². The van der Waals surface area contributed by atoms with E-state index in [1.807, 2.05) is 6.07 Å². The van der Waals surface area contributed by atoms with Gasteiger partial charge in [-0.2, -0.15) is 0 Å². The number of fused-ring (bicyclic) bond motifs is 1. The van der Waals surface area contributed by atoms with E-state index in [1.165, 1.54) is 11.1 Å². The van der Waals surface area contributed by atoms with Crippen molar-refractivity contribution in [2.75, 3.05) is 18.8 Å². The molecule has 2 heterocycles. The first-order chi connectivity index (χ1) is 9.33. The SMILES string of the molecule is Nc1ncccc1CN1CCc2ccccc2CC1. The molecule has 3 rings (SSSR count). The van der Waals surface area contributed by atoms with Gasteiger partial charge in [0.15, 0.2) is 0 Å². The lowest BCUT2D eigenvalue weighted by Crippen LogP contribution is -2.26. The summed E-state index contributed by atoms with van der Waals surface area (Å²) in [5.41, 5.74) is 10.0. The van der Waals surface area contributed by atoms with Gasteiger partial charge in [0.25, 0.3) is 0 Å². The number of hydrogen-bond donors (Lipinski definition) is 1. The number of benzene rings is 1. The van der Waals surface area contributed by atoms with E-state index >= 15 is 0 Å². The van der Waals surface area contributed by atoms with Crippen LogP contribution in [0.1, 0.15) is 16.7 Å². The van der Waals surface area contributed by atoms with Crippen molar-refractivity contribution in [3.8, 4) is 0 Å². The van der Waals surface area contributed by atoms with Crippen molar-refractivity contribution < 1.29 is 0 Å². The Balaban J connectivity index is 1.71. The van der Waals surface area contributed by atoms with Gasteiger partial charge in [-0.3, -0.25) is 4.90 Å². The van der Waals surface area contributed by atoms with Crippen LogP contribution in [-0.2, 0) is 19.4 Å². The molecule has 1 aromatic carbocycles. The monoisotopic (exact) mass is 253 g/mol. The molecule has 0 unspecified atom stereocenters. The Hall–Kier alpha value is -1.87. The van der Waals surface area contributed by atoms with Gasteiger partial charge in [-0.25, -0.2) is 4.98 Å². The molecule has 2 aromatic rings. The third kappa shape index (κ3) is 2.76. The molecule has 0 bridgehead atoms. The summed E-state index contributed by atoms with van der Waals surface area (Å²) >= 11 is 0. The summed E-state index contributed by atoms with van der Waals surface area (Å²) < 4.78 is 0. The Morgan fingerprint density at radius 2 is 1.68 bits per heavy atom. The van der Waals surface area contributed by atoms with Crippen molar-refractivity contribution >= 4 is 5.82 Å². The zero-order chi connectivity index (χ0) is 13.1. The van der Waals surface area contributed by atoms with E-state index < -0.39 is 0 Å². The summed E-state index contributed by atoms with van der Waals surface area (Å²) in [5.74, 6) is 0.657. The molecule has 0 fully saturated rings. The normalized spacial score (nSPS) is 15.8. The Morgan fingerprint density at radius 1 is 1.00 bits per heavy atom. The quantitative estimate of drug-likeness (QED) is 0.892. The van der Waals surface area contributed by atoms with E-state index in [4.69, 9.17) is 5.73 Å². The smallest absolute Gasteiger partial charge is 0.127 e. The number of nitrogens with zero attached hydrogens (tertiary/aromatic N) is 2. The van der Waals surface area contributed by atoms with Crippen molar-refractivity contribution in [2.45, 2.75) is 19.4 Å². The molecular formula is C16H19N3. The molecule has 98 valence electrons. The van der Waals surface area contributed by atoms with Crippen LogP contribution in [0.5, 0.6) is 0 Å². The summed E-state index contributed by atoms with van der Waals surface area (Å²) in [5, 5.41) is 0. The Bertz CT molecular complexity index is 538. The first-order valence-corrected chi connectivity index (χ1v) is 6.81. The maximum atomic E-state index is 5.92. The van der Waals surface area contributed by atoms with Crippen LogP contribution >= 0.6 is 0 Å². The Kier molecular flexibility index (Phi) is 3.47. The molecule has 0 amide bonds. The van der Waals surface area contributed by atoms with Gasteiger partial charge < -0.3 is 5.73 Å². The average molecular weight is 253 g/mol. The fourth-order valence-corrected chi connectivity index (χ4v) is 2.70. The van der Waals surface area contributed by atoms with Gasteiger partial charge in [-0.15, -0.1) is 0 Å². The van der Waals surface area contributed by atoms with Crippen LogP contribution in [0, 0.1) is 0 Å². The second-order valence-corrected chi connectivity index (χ2v) is 5.09. The zero-order valence-electron chi connectivity index (χ0n) is 11.0. The first-order valence-electron chi connectivity index (χ1n) is 6.81. The number of hydrogen-bond acceptors (Lipinski definition) is 3. The fourth-order valence-electron chi connectivity index (χ4n) is 2.70. The van der Waals surface area contributed by atoms with Crippen molar-refractivity contribution in [1.82, 2.24) is 9.88 Å². The van der Waals surface area contributed by atoms with E-state index in [0.717, 1.165) is 38.0 Å². The van der Waals surface area contributed by atoms with Crippen LogP contribution in [0.2, 0.25) is 0 Å². The summed E-state index contributed by atoms with van der Waals surface area (Å²) in [6.07, 6.45) is 3.99. The zero-order valence-corrected chi connectivity index (χ0v) is 11.0. The van der Waals surface area contributed by atoms with Crippen molar-refractivity contribution in [2.24, 2.45) is 0 Å². The maximum absolute atomic E-state index is 5.92. The molecule has 3 nitrogen and oxygen atoms in total. The predicted molar refractivity (Wildman–Crippen MR) is 77.8 cm³/mol. The molecule has 0 radical (unpaired) electrons. The average Bonchev–Trinajstić information content (AvgIpc) is 2.64. The molecule has 19 heavy (non-hydrogen) atoms. The van der Waals surface area contributed by atoms with Crippen LogP contribution in [-0.4, -0.2) is 23.0 Å². The van der Waals surface area contributed by atoms with Crippen LogP contribution in [0.15, 0.2) is 42.6 Å². The molecule has 1 aromatic heterocycles. The fraction of sp³-hybridized carbons (Fsp3) is 0.312. The number of anilines is 1. The standard InChI is InChI=1S/C16H19N3/c17-16-15(6-3-9-18-16)12-19-10-7-13-4-1-2-5-14(13)8-11-19/h1-6,9H,7-8,10-12H2,(H2,17,18). The highest BCUT2D eigenvalue weighted by molar-refractivity contribution is 5.38. The highest BCUT2D eigenvalue weighted by Gasteiger charge is 2.14. The molecule has 1 aliphatic rings. The van der Waals surface area contributed by atoms with Gasteiger partial charge in [0, 0.05) is 31.4 Å². The molecule has 2 N–H and O–H groups in total. The number of aromatic nitrogens is 1. The summed E-state index contributed by atoms with van der Waals surface area (Å²) in [7, 11) is 0. The van der Waals surface area contributed by atoms with Gasteiger partial charge in [0.05, 0.1) is 0 Å². The Labute approximate surface area is 114 Å². The second kappa shape index (κ2) is 5.41. The minimum Gasteiger partial charge on any atom is -0.383 e. The molecule has 0 atom stereocenters. The van der Waals surface area contributed by atoms with Crippen molar-refractivity contribution in [3.63, 3.8) is 0 Å². The number of rotatable bonds is 2. The van der Waals surface area contributed by atoms with E-state index in [1.54, 1.807) is 6.20 Å². The van der Waals surface area contributed by atoms with Crippen LogP contribution in [0.4, 0.5) is 5.82 Å². The van der Waals surface area contributed by atoms with Crippen molar-refractivity contribution in [3.05, 3.63) is 59.3 Å². The van der Waals surface area contributed by atoms with Crippen molar-refractivity contribution in [1.29, 1.82) is 0 Å². The van der Waals surface area contributed by atoms with E-state index in [2.05, 4.69) is 40.2 Å². The van der Waals surface area contributed by atoms with Gasteiger partial charge >= 0.3 is 0 Å². The summed E-state index contributed by atoms with van der Waals surface area (Å²) in [4.78, 5) is 6.62.